The average Bonchev–Trinajstić information content (AvgIpc) is 3.12. The second-order valence-electron chi connectivity index (χ2n) is 13.1. The topological polar surface area (TPSA) is 120 Å². The van der Waals surface area contributed by atoms with E-state index in [0.717, 1.165) is 89.9 Å². The number of nitrogens with one attached hydrogen (secondary N) is 1. The number of phosphoric acid groups is 1. The molecular formula is C42H74NO8P. The number of ether oxygens (including phenoxy) is 2. The molecule has 300 valence electrons. The van der Waals surface area contributed by atoms with Crippen LogP contribution in [0, 0.1) is 0 Å². The van der Waals surface area contributed by atoms with E-state index in [1.165, 1.54) is 25.7 Å². The molecule has 2 N–H and O–H groups in total. The number of likely N-dealkylation sites (N-methyl/N-ethyl adjacent to an activating group) is 1. The van der Waals surface area contributed by atoms with Crippen LogP contribution in [-0.4, -0.2) is 56.3 Å². The maximum absolute atomic E-state index is 12.6. The smallest absolute Gasteiger partial charge is 0.462 e. The van der Waals surface area contributed by atoms with Gasteiger partial charge in [0, 0.05) is 19.4 Å². The van der Waals surface area contributed by atoms with Gasteiger partial charge in [-0.1, -0.05) is 126 Å². The lowest BCUT2D eigenvalue weighted by Gasteiger charge is -2.20. The highest BCUT2D eigenvalue weighted by Gasteiger charge is 2.26. The summed E-state index contributed by atoms with van der Waals surface area (Å²) in [4.78, 5) is 35.0. The Bertz CT molecular complexity index is 1040. The molecule has 0 heterocycles. The van der Waals surface area contributed by atoms with Gasteiger partial charge in [-0.15, -0.1) is 0 Å². The van der Waals surface area contributed by atoms with Gasteiger partial charge in [0.2, 0.25) is 0 Å². The minimum Gasteiger partial charge on any atom is -0.462 e. The van der Waals surface area contributed by atoms with Gasteiger partial charge in [-0.3, -0.25) is 18.6 Å². The van der Waals surface area contributed by atoms with Crippen molar-refractivity contribution in [2.75, 3.05) is 33.4 Å². The van der Waals surface area contributed by atoms with Crippen molar-refractivity contribution in [2.45, 2.75) is 161 Å². The summed E-state index contributed by atoms with van der Waals surface area (Å²) in [6.45, 7) is 4.03. The van der Waals surface area contributed by atoms with E-state index in [2.05, 4.69) is 79.9 Å². The summed E-state index contributed by atoms with van der Waals surface area (Å²) >= 11 is 0. The number of carbonyl (C=O) groups excluding carboxylic acids is 2. The van der Waals surface area contributed by atoms with Gasteiger partial charge in [-0.05, 0) is 84.1 Å². The number of carbonyl (C=O) groups is 2. The molecule has 0 saturated heterocycles. The minimum atomic E-state index is -4.36. The van der Waals surface area contributed by atoms with Gasteiger partial charge in [-0.25, -0.2) is 4.57 Å². The molecule has 9 nitrogen and oxygen atoms in total. The molecule has 2 unspecified atom stereocenters. The molecule has 0 radical (unpaired) electrons. The predicted molar refractivity (Wildman–Crippen MR) is 215 cm³/mol. The van der Waals surface area contributed by atoms with E-state index in [-0.39, 0.29) is 26.1 Å². The van der Waals surface area contributed by atoms with E-state index in [4.69, 9.17) is 18.5 Å². The van der Waals surface area contributed by atoms with Gasteiger partial charge in [0.05, 0.1) is 13.2 Å². The lowest BCUT2D eigenvalue weighted by molar-refractivity contribution is -0.161. The molecule has 0 aliphatic carbocycles. The van der Waals surface area contributed by atoms with Crippen LogP contribution in [0.25, 0.3) is 0 Å². The van der Waals surface area contributed by atoms with Crippen molar-refractivity contribution < 1.29 is 37.6 Å². The van der Waals surface area contributed by atoms with Crippen LogP contribution in [0.15, 0.2) is 60.8 Å². The Kier molecular flexibility index (Phi) is 36.7. The molecule has 0 saturated carbocycles. The van der Waals surface area contributed by atoms with E-state index in [9.17, 15) is 19.0 Å². The molecule has 0 fully saturated rings. The third kappa shape index (κ3) is 37.5. The lowest BCUT2D eigenvalue weighted by Crippen LogP contribution is -2.29. The third-order valence-electron chi connectivity index (χ3n) is 8.12. The summed E-state index contributed by atoms with van der Waals surface area (Å²) in [5, 5.41) is 2.81. The van der Waals surface area contributed by atoms with Gasteiger partial charge < -0.3 is 19.7 Å². The highest BCUT2D eigenvalue weighted by Crippen LogP contribution is 2.43. The van der Waals surface area contributed by atoms with Crippen molar-refractivity contribution in [3.8, 4) is 0 Å². The molecule has 0 aliphatic heterocycles. The van der Waals surface area contributed by atoms with Gasteiger partial charge in [-0.2, -0.15) is 0 Å². The summed E-state index contributed by atoms with van der Waals surface area (Å²) in [7, 11) is -2.66. The van der Waals surface area contributed by atoms with E-state index < -0.39 is 32.5 Å². The van der Waals surface area contributed by atoms with Crippen molar-refractivity contribution in [1.29, 1.82) is 0 Å². The van der Waals surface area contributed by atoms with Crippen LogP contribution in [0.1, 0.15) is 155 Å². The SMILES string of the molecule is CC/C=C\C/C=C\C/C=C\CCCCCCCC(=O)OCC(COP(=O)(O)OCCNC)OC(=O)CCCCCCC/C=C\C/C=C\CCCCC. The van der Waals surface area contributed by atoms with Crippen LogP contribution in [0.2, 0.25) is 0 Å². The number of hydrogen-bond donors (Lipinski definition) is 2. The van der Waals surface area contributed by atoms with Gasteiger partial charge in [0.15, 0.2) is 6.10 Å². The molecule has 0 bridgehead atoms. The Hall–Kier alpha value is -2.29. The zero-order valence-electron chi connectivity index (χ0n) is 33.0. The molecule has 0 amide bonds. The Balaban J connectivity index is 4.33. The van der Waals surface area contributed by atoms with Crippen molar-refractivity contribution in [3.05, 3.63) is 60.8 Å². The molecule has 0 rings (SSSR count). The van der Waals surface area contributed by atoms with Crippen LogP contribution >= 0.6 is 7.82 Å². The van der Waals surface area contributed by atoms with Gasteiger partial charge in [0.25, 0.3) is 0 Å². The summed E-state index contributed by atoms with van der Waals surface area (Å²) < 4.78 is 33.1. The number of esters is 2. The molecule has 0 aromatic carbocycles. The Morgan fingerprint density at radius 1 is 0.615 bits per heavy atom. The largest absolute Gasteiger partial charge is 0.472 e. The fourth-order valence-corrected chi connectivity index (χ4v) is 5.82. The normalized spacial score (nSPS) is 14.0. The summed E-state index contributed by atoms with van der Waals surface area (Å²) in [6, 6.07) is 0. The van der Waals surface area contributed by atoms with Crippen LogP contribution in [0.4, 0.5) is 0 Å². The van der Waals surface area contributed by atoms with Crippen LogP contribution in [0.5, 0.6) is 0 Å². The molecule has 0 aliphatic rings. The fraction of sp³-hybridized carbons (Fsp3) is 0.714. The van der Waals surface area contributed by atoms with E-state index in [1.54, 1.807) is 7.05 Å². The fourth-order valence-electron chi connectivity index (χ4n) is 5.07. The number of phosphoric ester groups is 1. The zero-order chi connectivity index (χ0) is 38.2. The predicted octanol–water partition coefficient (Wildman–Crippen LogP) is 11.2. The number of unbranched alkanes of at least 4 members (excludes halogenated alkanes) is 13. The third-order valence-corrected chi connectivity index (χ3v) is 9.11. The first-order chi connectivity index (χ1) is 25.3. The Morgan fingerprint density at radius 2 is 1.10 bits per heavy atom. The Labute approximate surface area is 317 Å². The number of rotatable bonds is 37. The van der Waals surface area contributed by atoms with Crippen LogP contribution in [-0.2, 0) is 32.7 Å². The average molecular weight is 752 g/mol. The molecule has 0 spiro atoms. The quantitative estimate of drug-likeness (QED) is 0.0276. The summed E-state index contributed by atoms with van der Waals surface area (Å²) in [5.74, 6) is -0.848. The maximum Gasteiger partial charge on any atom is 0.472 e. The molecular weight excluding hydrogens is 677 g/mol. The zero-order valence-corrected chi connectivity index (χ0v) is 33.9. The molecule has 52 heavy (non-hydrogen) atoms. The highest BCUT2D eigenvalue weighted by atomic mass is 31.2. The van der Waals surface area contributed by atoms with Crippen molar-refractivity contribution in [1.82, 2.24) is 5.32 Å². The minimum absolute atomic E-state index is 0.0255. The number of allylic oxidation sites excluding steroid dienone is 10. The van der Waals surface area contributed by atoms with Crippen LogP contribution in [0.3, 0.4) is 0 Å². The van der Waals surface area contributed by atoms with E-state index in [0.29, 0.717) is 19.4 Å². The highest BCUT2D eigenvalue weighted by molar-refractivity contribution is 7.47. The summed E-state index contributed by atoms with van der Waals surface area (Å²) in [5.41, 5.74) is 0. The molecule has 0 aromatic heterocycles. The van der Waals surface area contributed by atoms with E-state index >= 15 is 0 Å². The maximum atomic E-state index is 12.6. The first-order valence-corrected chi connectivity index (χ1v) is 21.7. The Morgan fingerprint density at radius 3 is 1.63 bits per heavy atom. The van der Waals surface area contributed by atoms with Gasteiger partial charge in [0.1, 0.15) is 6.61 Å². The standard InChI is InChI=1S/C42H74NO8P/c1-4-6-8-10-12-14-16-18-20-22-24-26-28-30-32-34-41(44)48-38-40(39-50-52(46,47)49-37-36-43-3)51-42(45)35-33-31-29-27-25-23-21-19-17-15-13-11-9-7-5-2/h6,8,12-15,18-21,40,43H,4-5,7,9-11,16-17,22-39H2,1-3H3,(H,46,47)/b8-6-,14-12-,15-13-,20-18-,21-19-. The first-order valence-electron chi connectivity index (χ1n) is 20.2. The monoisotopic (exact) mass is 752 g/mol. The second-order valence-corrected chi connectivity index (χ2v) is 14.5. The number of hydrogen-bond acceptors (Lipinski definition) is 8. The molecule has 10 heteroatoms. The van der Waals surface area contributed by atoms with E-state index in [1.807, 2.05) is 0 Å². The molecule has 2 atom stereocenters. The first kappa shape index (κ1) is 49.7. The lowest BCUT2D eigenvalue weighted by atomic mass is 10.1. The van der Waals surface area contributed by atoms with Crippen molar-refractivity contribution in [3.63, 3.8) is 0 Å². The summed E-state index contributed by atoms with van der Waals surface area (Å²) in [6.07, 6.45) is 42.6. The molecule has 0 aromatic rings. The van der Waals surface area contributed by atoms with Crippen molar-refractivity contribution >= 4 is 19.8 Å². The van der Waals surface area contributed by atoms with Crippen molar-refractivity contribution in [2.24, 2.45) is 0 Å². The second kappa shape index (κ2) is 38.4. The van der Waals surface area contributed by atoms with Crippen LogP contribution < -0.4 is 5.32 Å². The van der Waals surface area contributed by atoms with Gasteiger partial charge >= 0.3 is 19.8 Å².